The fourth-order valence-electron chi connectivity index (χ4n) is 8.25. The number of nitrogens with zero attached hydrogens (tertiary/aromatic N) is 1. The number of hydrogen-bond donors (Lipinski definition) is 0. The van der Waals surface area contributed by atoms with Crippen LogP contribution in [0.25, 0.3) is 0 Å². The van der Waals surface area contributed by atoms with Crippen LogP contribution in [0.4, 0.5) is 0 Å². The van der Waals surface area contributed by atoms with E-state index >= 15 is 0 Å². The highest BCUT2D eigenvalue weighted by Gasteiger charge is 2.78. The van der Waals surface area contributed by atoms with Crippen molar-refractivity contribution in [2.45, 2.75) is 97.4 Å². The zero-order chi connectivity index (χ0) is 22.2. The molecule has 1 heterocycles. The Kier molecular flexibility index (Phi) is 4.71. The normalized spacial score (nSPS) is 47.8. The molecule has 3 saturated carbocycles. The Hall–Kier alpha value is -1.69. The van der Waals surface area contributed by atoms with Crippen LogP contribution in [0.1, 0.15) is 79.6 Å². The van der Waals surface area contributed by atoms with Gasteiger partial charge in [0.2, 0.25) is 0 Å². The maximum Gasteiger partial charge on any atom is 0.331 e. The monoisotopic (exact) mass is 429 g/mol. The number of carbonyl (C=O) groups excluding carboxylic acids is 2. The summed E-state index contributed by atoms with van der Waals surface area (Å²) in [5, 5.41) is 4.16. The average Bonchev–Trinajstić information content (AvgIpc) is 3.38. The lowest BCUT2D eigenvalue weighted by atomic mass is 9.47. The molecule has 0 bridgehead atoms. The Morgan fingerprint density at radius 2 is 1.87 bits per heavy atom. The van der Waals surface area contributed by atoms with Gasteiger partial charge in [-0.25, -0.2) is 4.79 Å². The van der Waals surface area contributed by atoms with Gasteiger partial charge in [-0.15, -0.1) is 0 Å². The summed E-state index contributed by atoms with van der Waals surface area (Å²) in [7, 11) is 0. The summed E-state index contributed by atoms with van der Waals surface area (Å²) < 4.78 is 11.8. The highest BCUT2D eigenvalue weighted by Crippen LogP contribution is 2.73. The lowest BCUT2D eigenvalue weighted by molar-refractivity contribution is -0.148. The molecule has 0 radical (unpaired) electrons. The quantitative estimate of drug-likeness (QED) is 0.164. The van der Waals surface area contributed by atoms with Gasteiger partial charge in [0.15, 0.2) is 0 Å². The SMILES string of the molecule is CC(=O)ON=C(C)[C@]12O[C@@H]1C[C@@H]1[C@H]3CC=C4C[C@@H](OC(C)=O)CC[C@]4(C)[C@@H]3CC[C@]12C. The third-order valence-corrected chi connectivity index (χ3v) is 9.67. The molecule has 170 valence electrons. The molecule has 0 amide bonds. The number of fused-ring (bicyclic) bond motifs is 7. The average molecular weight is 430 g/mol. The fourth-order valence-corrected chi connectivity index (χ4v) is 8.25. The number of epoxide rings is 1. The number of allylic oxidation sites excluding steroid dienone is 1. The third-order valence-electron chi connectivity index (χ3n) is 9.67. The van der Waals surface area contributed by atoms with Gasteiger partial charge in [0.1, 0.15) is 11.7 Å². The van der Waals surface area contributed by atoms with E-state index in [2.05, 4.69) is 25.1 Å². The van der Waals surface area contributed by atoms with Gasteiger partial charge in [-0.3, -0.25) is 4.79 Å². The molecule has 0 aromatic heterocycles. The summed E-state index contributed by atoms with van der Waals surface area (Å²) >= 11 is 0. The van der Waals surface area contributed by atoms with E-state index in [0.29, 0.717) is 17.8 Å². The van der Waals surface area contributed by atoms with Gasteiger partial charge in [-0.2, -0.15) is 0 Å². The molecule has 8 atom stereocenters. The molecule has 5 rings (SSSR count). The Morgan fingerprint density at radius 3 is 2.58 bits per heavy atom. The van der Waals surface area contributed by atoms with E-state index in [0.717, 1.165) is 44.2 Å². The third kappa shape index (κ3) is 2.89. The molecule has 5 aliphatic rings. The standard InChI is InChI=1S/C25H35NO5/c1-14(26-31-16(3)28)25-22(30-25)13-21-19-7-6-17-12-18(29-15(2)27)8-10-23(17,4)20(19)9-11-24(21,25)5/h6,18-22H,7-13H2,1-5H3/t18-,19-,20+,21+,22+,23-,24+,25-/m0/s1. The summed E-state index contributed by atoms with van der Waals surface area (Å²) in [5.41, 5.74) is 2.20. The number of oxime groups is 1. The minimum atomic E-state index is -0.390. The van der Waals surface area contributed by atoms with E-state index in [1.807, 2.05) is 6.92 Å². The first-order chi connectivity index (χ1) is 14.6. The molecule has 0 aromatic carbocycles. The Bertz CT molecular complexity index is 879. The first kappa shape index (κ1) is 21.2. The Morgan fingerprint density at radius 1 is 1.10 bits per heavy atom. The zero-order valence-corrected chi connectivity index (χ0v) is 19.4. The van der Waals surface area contributed by atoms with Gasteiger partial charge in [0.25, 0.3) is 0 Å². The first-order valence-electron chi connectivity index (χ1n) is 11.9. The van der Waals surface area contributed by atoms with E-state index in [1.54, 1.807) is 0 Å². The Balaban J connectivity index is 1.40. The summed E-state index contributed by atoms with van der Waals surface area (Å²) in [6, 6.07) is 0. The molecule has 1 aliphatic heterocycles. The smallest absolute Gasteiger partial charge is 0.331 e. The van der Waals surface area contributed by atoms with Crippen LogP contribution < -0.4 is 0 Å². The lowest BCUT2D eigenvalue weighted by Crippen LogP contribution is -2.54. The number of ether oxygens (including phenoxy) is 2. The van der Waals surface area contributed by atoms with Crippen LogP contribution in [-0.4, -0.2) is 35.5 Å². The largest absolute Gasteiger partial charge is 0.462 e. The molecule has 0 spiro atoms. The van der Waals surface area contributed by atoms with Gasteiger partial charge in [0.05, 0.1) is 11.8 Å². The predicted octanol–water partition coefficient (Wildman–Crippen LogP) is 4.57. The van der Waals surface area contributed by atoms with Gasteiger partial charge in [-0.05, 0) is 68.6 Å². The fraction of sp³-hybridized carbons (Fsp3) is 0.800. The van der Waals surface area contributed by atoms with Crippen LogP contribution in [0, 0.1) is 28.6 Å². The van der Waals surface area contributed by atoms with Crippen LogP contribution in [0.15, 0.2) is 16.8 Å². The topological polar surface area (TPSA) is 77.5 Å². The van der Waals surface area contributed by atoms with Gasteiger partial charge in [0, 0.05) is 25.7 Å². The zero-order valence-electron chi connectivity index (χ0n) is 19.4. The molecule has 0 aromatic rings. The summed E-state index contributed by atoms with van der Waals surface area (Å²) in [4.78, 5) is 27.7. The van der Waals surface area contributed by atoms with E-state index in [1.165, 1.54) is 25.8 Å². The number of rotatable bonds is 3. The molecule has 31 heavy (non-hydrogen) atoms. The summed E-state index contributed by atoms with van der Waals surface area (Å²) in [6.07, 6.45) is 10.1. The van der Waals surface area contributed by atoms with Crippen molar-refractivity contribution >= 4 is 17.7 Å². The van der Waals surface area contributed by atoms with Crippen molar-refractivity contribution in [2.24, 2.45) is 33.7 Å². The highest BCUT2D eigenvalue weighted by molar-refractivity contribution is 5.95. The van der Waals surface area contributed by atoms with Gasteiger partial charge < -0.3 is 14.3 Å². The van der Waals surface area contributed by atoms with Crippen molar-refractivity contribution < 1.29 is 23.9 Å². The van der Waals surface area contributed by atoms with Crippen molar-refractivity contribution in [1.82, 2.24) is 0 Å². The van der Waals surface area contributed by atoms with Gasteiger partial charge in [-0.1, -0.05) is 30.7 Å². The van der Waals surface area contributed by atoms with Crippen molar-refractivity contribution in [3.05, 3.63) is 11.6 Å². The minimum absolute atomic E-state index is 0.0310. The van der Waals surface area contributed by atoms with Crippen molar-refractivity contribution in [1.29, 1.82) is 0 Å². The lowest BCUT2D eigenvalue weighted by Gasteiger charge is -2.58. The van der Waals surface area contributed by atoms with Crippen molar-refractivity contribution in [3.63, 3.8) is 0 Å². The maximum absolute atomic E-state index is 11.5. The maximum atomic E-state index is 11.5. The highest BCUT2D eigenvalue weighted by atomic mass is 16.7. The van der Waals surface area contributed by atoms with E-state index in [-0.39, 0.29) is 34.6 Å². The van der Waals surface area contributed by atoms with Crippen LogP contribution in [-0.2, 0) is 23.9 Å². The number of carbonyl (C=O) groups is 2. The predicted molar refractivity (Wildman–Crippen MR) is 115 cm³/mol. The molecule has 1 saturated heterocycles. The molecular weight excluding hydrogens is 394 g/mol. The molecule has 6 heteroatoms. The number of hydrogen-bond acceptors (Lipinski definition) is 6. The van der Waals surface area contributed by atoms with Crippen LogP contribution in [0.2, 0.25) is 0 Å². The molecular formula is C25H35NO5. The second kappa shape index (κ2) is 6.90. The second-order valence-electron chi connectivity index (χ2n) is 11.0. The van der Waals surface area contributed by atoms with Crippen LogP contribution in [0.3, 0.4) is 0 Å². The van der Waals surface area contributed by atoms with Gasteiger partial charge >= 0.3 is 11.9 Å². The van der Waals surface area contributed by atoms with Crippen molar-refractivity contribution in [2.75, 3.05) is 0 Å². The summed E-state index contributed by atoms with van der Waals surface area (Å²) in [6.45, 7) is 9.69. The molecule has 6 nitrogen and oxygen atoms in total. The van der Waals surface area contributed by atoms with E-state index < -0.39 is 5.97 Å². The Labute approximate surface area is 184 Å². The summed E-state index contributed by atoms with van der Waals surface area (Å²) in [5.74, 6) is 1.35. The van der Waals surface area contributed by atoms with Crippen LogP contribution in [0.5, 0.6) is 0 Å². The van der Waals surface area contributed by atoms with E-state index in [4.69, 9.17) is 14.3 Å². The van der Waals surface area contributed by atoms with Crippen LogP contribution >= 0.6 is 0 Å². The molecule has 4 aliphatic carbocycles. The molecule has 4 fully saturated rings. The minimum Gasteiger partial charge on any atom is -0.462 e. The first-order valence-corrected chi connectivity index (χ1v) is 11.9. The number of esters is 1. The van der Waals surface area contributed by atoms with E-state index in [9.17, 15) is 9.59 Å². The second-order valence-corrected chi connectivity index (χ2v) is 11.0. The van der Waals surface area contributed by atoms with Crippen molar-refractivity contribution in [3.8, 4) is 0 Å². The molecule has 0 N–H and O–H groups in total. The molecule has 0 unspecified atom stereocenters.